The number of carbonyl (C=O) groups is 2. The van der Waals surface area contributed by atoms with Gasteiger partial charge in [0.2, 0.25) is 21.8 Å². The van der Waals surface area contributed by atoms with E-state index in [2.05, 4.69) is 5.32 Å². The molecule has 0 saturated heterocycles. The zero-order valence-corrected chi connectivity index (χ0v) is 20.8. The molecule has 0 aromatic heterocycles. The molecule has 0 aliphatic rings. The van der Waals surface area contributed by atoms with Crippen LogP contribution in [0.5, 0.6) is 0 Å². The number of sulfonamides is 1. The first-order chi connectivity index (χ1) is 15.0. The minimum absolute atomic E-state index is 0.0270. The molecule has 0 fully saturated rings. The van der Waals surface area contributed by atoms with Crippen molar-refractivity contribution in [1.82, 2.24) is 14.5 Å². The highest BCUT2D eigenvalue weighted by atomic mass is 35.5. The first kappa shape index (κ1) is 26.1. The number of nitrogens with zero attached hydrogens (tertiary/aromatic N) is 2. The predicted molar refractivity (Wildman–Crippen MR) is 126 cm³/mol. The van der Waals surface area contributed by atoms with Crippen molar-refractivity contribution >= 4 is 45.0 Å². The van der Waals surface area contributed by atoms with Crippen molar-refractivity contribution in [3.63, 3.8) is 0 Å². The van der Waals surface area contributed by atoms with Crippen LogP contribution >= 0.6 is 23.2 Å². The average molecular weight is 500 g/mol. The van der Waals surface area contributed by atoms with Crippen LogP contribution < -0.4 is 5.32 Å². The fourth-order valence-corrected chi connectivity index (χ4v) is 4.76. The van der Waals surface area contributed by atoms with Gasteiger partial charge in [0.1, 0.15) is 6.04 Å². The minimum Gasteiger partial charge on any atom is -0.357 e. The highest BCUT2D eigenvalue weighted by Crippen LogP contribution is 2.24. The molecule has 2 amide bonds. The van der Waals surface area contributed by atoms with Crippen LogP contribution in [0, 0.1) is 6.92 Å². The molecule has 174 valence electrons. The number of benzene rings is 2. The van der Waals surface area contributed by atoms with Gasteiger partial charge in [-0.1, -0.05) is 53.9 Å². The molecule has 0 aliphatic carbocycles. The quantitative estimate of drug-likeness (QED) is 0.571. The second kappa shape index (κ2) is 11.1. The van der Waals surface area contributed by atoms with Gasteiger partial charge < -0.3 is 10.2 Å². The topological polar surface area (TPSA) is 86.8 Å². The third kappa shape index (κ3) is 6.22. The molecular weight excluding hydrogens is 473 g/mol. The maximum Gasteiger partial charge on any atom is 0.243 e. The molecule has 0 aliphatic heterocycles. The number of carbonyl (C=O) groups excluding carboxylic acids is 2. The number of likely N-dealkylation sites (N-methyl/N-ethyl adjacent to an activating group) is 2. The minimum atomic E-state index is -3.89. The lowest BCUT2D eigenvalue weighted by atomic mass is 10.1. The molecular formula is C22H27Cl2N3O4S. The lowest BCUT2D eigenvalue weighted by Crippen LogP contribution is -2.51. The predicted octanol–water partition coefficient (Wildman–Crippen LogP) is 3.48. The summed E-state index contributed by atoms with van der Waals surface area (Å²) in [6.07, 6.45) is 0.338. The second-order valence-electron chi connectivity index (χ2n) is 7.37. The van der Waals surface area contributed by atoms with Crippen LogP contribution in [0.15, 0.2) is 47.4 Å². The van der Waals surface area contributed by atoms with Gasteiger partial charge in [-0.15, -0.1) is 0 Å². The lowest BCUT2D eigenvalue weighted by Gasteiger charge is -2.31. The summed E-state index contributed by atoms with van der Waals surface area (Å²) in [5.74, 6) is -0.875. The summed E-state index contributed by atoms with van der Waals surface area (Å²) in [6.45, 7) is 3.22. The van der Waals surface area contributed by atoms with E-state index in [-0.39, 0.29) is 17.3 Å². The Balaban J connectivity index is 2.34. The zero-order valence-electron chi connectivity index (χ0n) is 18.4. The molecule has 1 N–H and O–H groups in total. The number of aryl methyl sites for hydroxylation is 1. The summed E-state index contributed by atoms with van der Waals surface area (Å²) in [5.41, 5.74) is 1.51. The Hall–Kier alpha value is -2.13. The normalized spacial score (nSPS) is 12.5. The van der Waals surface area contributed by atoms with E-state index in [1.165, 1.54) is 31.1 Å². The molecule has 0 saturated carbocycles. The summed E-state index contributed by atoms with van der Waals surface area (Å²) in [5, 5.41) is 3.35. The van der Waals surface area contributed by atoms with Crippen LogP contribution in [0.1, 0.15) is 24.5 Å². The van der Waals surface area contributed by atoms with Crippen molar-refractivity contribution in [3.8, 4) is 0 Å². The van der Waals surface area contributed by atoms with Crippen LogP contribution in [0.25, 0.3) is 0 Å². The maximum absolute atomic E-state index is 13.3. The van der Waals surface area contributed by atoms with E-state index in [4.69, 9.17) is 23.2 Å². The van der Waals surface area contributed by atoms with Gasteiger partial charge in [0, 0.05) is 30.7 Å². The van der Waals surface area contributed by atoms with E-state index < -0.39 is 28.5 Å². The van der Waals surface area contributed by atoms with Crippen LogP contribution in [0.3, 0.4) is 0 Å². The number of rotatable bonds is 9. The van der Waals surface area contributed by atoms with E-state index in [0.717, 1.165) is 9.87 Å². The third-order valence-electron chi connectivity index (χ3n) is 5.08. The number of amides is 2. The number of nitrogens with one attached hydrogen (secondary N) is 1. The van der Waals surface area contributed by atoms with Crippen molar-refractivity contribution in [3.05, 3.63) is 63.6 Å². The maximum atomic E-state index is 13.3. The molecule has 2 aromatic rings. The van der Waals surface area contributed by atoms with Gasteiger partial charge in [0.25, 0.3) is 0 Å². The monoisotopic (exact) mass is 499 g/mol. The van der Waals surface area contributed by atoms with Crippen molar-refractivity contribution in [2.45, 2.75) is 37.8 Å². The summed E-state index contributed by atoms with van der Waals surface area (Å²) in [7, 11) is -1.07. The van der Waals surface area contributed by atoms with Crippen molar-refractivity contribution in [1.29, 1.82) is 0 Å². The highest BCUT2D eigenvalue weighted by Gasteiger charge is 2.31. The number of hydrogen-bond acceptors (Lipinski definition) is 4. The number of hydrogen-bond donors (Lipinski definition) is 1. The zero-order chi connectivity index (χ0) is 24.1. The summed E-state index contributed by atoms with van der Waals surface area (Å²) < 4.78 is 26.8. The largest absolute Gasteiger partial charge is 0.357 e. The fraction of sp³-hybridized carbons (Fsp3) is 0.364. The molecule has 32 heavy (non-hydrogen) atoms. The summed E-state index contributed by atoms with van der Waals surface area (Å²) in [6, 6.07) is 10.4. The van der Waals surface area contributed by atoms with Crippen LogP contribution in [0.2, 0.25) is 10.0 Å². The smallest absolute Gasteiger partial charge is 0.243 e. The Kier molecular flexibility index (Phi) is 9.09. The van der Waals surface area contributed by atoms with Crippen molar-refractivity contribution < 1.29 is 18.0 Å². The van der Waals surface area contributed by atoms with Gasteiger partial charge in [-0.2, -0.15) is 4.31 Å². The Morgan fingerprint density at radius 2 is 1.72 bits per heavy atom. The summed E-state index contributed by atoms with van der Waals surface area (Å²) >= 11 is 12.2. The highest BCUT2D eigenvalue weighted by molar-refractivity contribution is 7.89. The van der Waals surface area contributed by atoms with Gasteiger partial charge in [-0.3, -0.25) is 9.59 Å². The Labute approximate surface area is 199 Å². The molecule has 1 atom stereocenters. The number of halogens is 2. The van der Waals surface area contributed by atoms with E-state index in [1.807, 2.05) is 6.92 Å². The van der Waals surface area contributed by atoms with Crippen LogP contribution in [0.4, 0.5) is 0 Å². The summed E-state index contributed by atoms with van der Waals surface area (Å²) in [4.78, 5) is 27.2. The molecule has 0 bridgehead atoms. The molecule has 10 heteroatoms. The molecule has 7 nitrogen and oxygen atoms in total. The Bertz CT molecular complexity index is 1080. The van der Waals surface area contributed by atoms with Gasteiger partial charge in [0.15, 0.2) is 0 Å². The van der Waals surface area contributed by atoms with E-state index >= 15 is 0 Å². The fourth-order valence-electron chi connectivity index (χ4n) is 3.18. The molecule has 0 radical (unpaired) electrons. The van der Waals surface area contributed by atoms with Gasteiger partial charge in [-0.05, 0) is 43.2 Å². The SMILES string of the molecule is CC[C@@H](C(=O)NC)N(Cc1ccc(Cl)cc1Cl)C(=O)CN(C)S(=O)(=O)c1ccc(C)cc1. The van der Waals surface area contributed by atoms with Gasteiger partial charge >= 0.3 is 0 Å². The standard InChI is InChI=1S/C22H27Cl2N3O4S/c1-5-20(22(29)25-3)27(13-16-8-9-17(23)12-19(16)24)21(28)14-26(4)32(30,31)18-10-6-15(2)7-11-18/h6-12,20H,5,13-14H2,1-4H3,(H,25,29)/t20-/m0/s1. The average Bonchev–Trinajstić information content (AvgIpc) is 2.74. The van der Waals surface area contributed by atoms with E-state index in [0.29, 0.717) is 22.0 Å². The Morgan fingerprint density at radius 1 is 1.09 bits per heavy atom. The first-order valence-corrected chi connectivity index (χ1v) is 12.2. The van der Waals surface area contributed by atoms with E-state index in [1.54, 1.807) is 37.3 Å². The van der Waals surface area contributed by atoms with Gasteiger partial charge in [-0.25, -0.2) is 8.42 Å². The molecule has 0 unspecified atom stereocenters. The first-order valence-electron chi connectivity index (χ1n) is 9.99. The lowest BCUT2D eigenvalue weighted by molar-refractivity contribution is -0.141. The van der Waals surface area contributed by atoms with E-state index in [9.17, 15) is 18.0 Å². The van der Waals surface area contributed by atoms with Gasteiger partial charge in [0.05, 0.1) is 11.4 Å². The molecule has 2 rings (SSSR count). The molecule has 0 heterocycles. The van der Waals surface area contributed by atoms with Crippen LogP contribution in [-0.4, -0.2) is 56.1 Å². The molecule has 0 spiro atoms. The Morgan fingerprint density at radius 3 is 2.25 bits per heavy atom. The molecule has 2 aromatic carbocycles. The van der Waals surface area contributed by atoms with Crippen LogP contribution in [-0.2, 0) is 26.2 Å². The van der Waals surface area contributed by atoms with Crippen molar-refractivity contribution in [2.75, 3.05) is 20.6 Å². The second-order valence-corrected chi connectivity index (χ2v) is 10.3. The van der Waals surface area contributed by atoms with Crippen molar-refractivity contribution in [2.24, 2.45) is 0 Å². The third-order valence-corrected chi connectivity index (χ3v) is 7.48.